The molecule has 36 heavy (non-hydrogen) atoms. The van der Waals surface area contributed by atoms with E-state index in [1.165, 1.54) is 11.5 Å². The van der Waals surface area contributed by atoms with E-state index in [1.807, 2.05) is 35.7 Å². The fraction of sp³-hybridized carbons (Fsp3) is 0.360. The van der Waals surface area contributed by atoms with Crippen molar-refractivity contribution in [1.29, 1.82) is 0 Å². The highest BCUT2D eigenvalue weighted by atomic mass is 35.5. The van der Waals surface area contributed by atoms with Gasteiger partial charge in [-0.2, -0.15) is 4.37 Å². The van der Waals surface area contributed by atoms with Gasteiger partial charge in [-0.05, 0) is 60.7 Å². The van der Waals surface area contributed by atoms with E-state index in [0.29, 0.717) is 41.8 Å². The predicted molar refractivity (Wildman–Crippen MR) is 146 cm³/mol. The van der Waals surface area contributed by atoms with Crippen LogP contribution in [0.4, 0.5) is 10.5 Å². The number of amides is 2. The molecular weight excluding hydrogens is 504 g/mol. The molecule has 0 atom stereocenters. The van der Waals surface area contributed by atoms with Gasteiger partial charge in [0.05, 0.1) is 39.8 Å². The van der Waals surface area contributed by atoms with Gasteiger partial charge < -0.3 is 35.3 Å². The molecule has 0 fully saturated rings. The smallest absolute Gasteiger partial charge is 0.319 e. The Morgan fingerprint density at radius 1 is 0.917 bits per heavy atom. The molecule has 4 N–H and O–H groups in total. The molecule has 0 bridgehead atoms. The lowest BCUT2D eigenvalue weighted by Crippen LogP contribution is -2.29. The number of urea groups is 1. The van der Waals surface area contributed by atoms with E-state index in [1.54, 1.807) is 28.4 Å². The lowest BCUT2D eigenvalue weighted by molar-refractivity contribution is 0.251. The van der Waals surface area contributed by atoms with Gasteiger partial charge in [-0.3, -0.25) is 0 Å². The molecule has 2 amide bonds. The number of methoxy groups -OCH3 is 4. The SMILES string of the molecule is COc1ccc(-c2csnc2-c2cc(OC)c(OC)c(OC)c2)cc1NC(=O)NCCCCCN.Cl. The highest BCUT2D eigenvalue weighted by Gasteiger charge is 2.19. The van der Waals surface area contributed by atoms with Crippen molar-refractivity contribution in [2.75, 3.05) is 46.8 Å². The Morgan fingerprint density at radius 3 is 2.22 bits per heavy atom. The number of carbonyl (C=O) groups is 1. The quantitative estimate of drug-likeness (QED) is 0.273. The lowest BCUT2D eigenvalue weighted by Gasteiger charge is -2.15. The van der Waals surface area contributed by atoms with Gasteiger partial charge in [-0.1, -0.05) is 12.5 Å². The van der Waals surface area contributed by atoms with E-state index in [4.69, 9.17) is 24.7 Å². The van der Waals surface area contributed by atoms with Gasteiger partial charge in [-0.15, -0.1) is 12.4 Å². The number of nitrogens with two attached hydrogens (primary N) is 1. The third-order valence-electron chi connectivity index (χ3n) is 5.43. The summed E-state index contributed by atoms with van der Waals surface area (Å²) in [6.07, 6.45) is 2.80. The molecule has 3 aromatic rings. The molecule has 9 nitrogen and oxygen atoms in total. The first kappa shape index (κ1) is 29.0. The molecule has 0 spiro atoms. The number of rotatable bonds is 12. The van der Waals surface area contributed by atoms with Crippen molar-refractivity contribution in [3.8, 4) is 45.4 Å². The van der Waals surface area contributed by atoms with Crippen LogP contribution in [0.5, 0.6) is 23.0 Å². The average molecular weight is 537 g/mol. The van der Waals surface area contributed by atoms with Crippen molar-refractivity contribution in [1.82, 2.24) is 9.69 Å². The van der Waals surface area contributed by atoms with Crippen molar-refractivity contribution in [2.45, 2.75) is 19.3 Å². The summed E-state index contributed by atoms with van der Waals surface area (Å²) in [5.41, 5.74) is 9.43. The van der Waals surface area contributed by atoms with Crippen LogP contribution in [0.15, 0.2) is 35.7 Å². The summed E-state index contributed by atoms with van der Waals surface area (Å²) in [6, 6.07) is 9.06. The summed E-state index contributed by atoms with van der Waals surface area (Å²) in [4.78, 5) is 12.4. The maximum atomic E-state index is 12.4. The molecule has 0 saturated heterocycles. The molecule has 0 unspecified atom stereocenters. The summed E-state index contributed by atoms with van der Waals surface area (Å²) in [5, 5.41) is 7.72. The second kappa shape index (κ2) is 14.4. The summed E-state index contributed by atoms with van der Waals surface area (Å²) in [6.45, 7) is 1.24. The van der Waals surface area contributed by atoms with Crippen LogP contribution >= 0.6 is 23.9 Å². The normalized spacial score (nSPS) is 10.2. The average Bonchev–Trinajstić information content (AvgIpc) is 3.37. The third kappa shape index (κ3) is 6.93. The van der Waals surface area contributed by atoms with Crippen LogP contribution in [0, 0.1) is 0 Å². The van der Waals surface area contributed by atoms with Gasteiger partial charge in [0.15, 0.2) is 11.5 Å². The van der Waals surface area contributed by atoms with Crippen molar-refractivity contribution >= 4 is 35.7 Å². The first-order chi connectivity index (χ1) is 17.1. The zero-order chi connectivity index (χ0) is 25.2. The van der Waals surface area contributed by atoms with Crippen LogP contribution in [0.3, 0.4) is 0 Å². The molecule has 1 heterocycles. The van der Waals surface area contributed by atoms with Crippen LogP contribution in [0.25, 0.3) is 22.4 Å². The van der Waals surface area contributed by atoms with E-state index < -0.39 is 0 Å². The Balaban J connectivity index is 0.00000456. The molecule has 11 heteroatoms. The number of nitrogens with zero attached hydrogens (tertiary/aromatic N) is 1. The zero-order valence-corrected chi connectivity index (χ0v) is 22.5. The largest absolute Gasteiger partial charge is 0.495 e. The van der Waals surface area contributed by atoms with Gasteiger partial charge in [-0.25, -0.2) is 4.79 Å². The van der Waals surface area contributed by atoms with E-state index in [2.05, 4.69) is 15.0 Å². The fourth-order valence-electron chi connectivity index (χ4n) is 3.66. The maximum absolute atomic E-state index is 12.4. The minimum atomic E-state index is -0.290. The number of unbranched alkanes of at least 4 members (excludes halogenated alkanes) is 2. The molecule has 196 valence electrons. The predicted octanol–water partition coefficient (Wildman–Crippen LogP) is 5.18. The molecule has 0 radical (unpaired) electrons. The van der Waals surface area contributed by atoms with Gasteiger partial charge in [0.2, 0.25) is 5.75 Å². The fourth-order valence-corrected chi connectivity index (χ4v) is 4.37. The Morgan fingerprint density at radius 2 is 1.61 bits per heavy atom. The first-order valence-electron chi connectivity index (χ1n) is 11.2. The second-order valence-corrected chi connectivity index (χ2v) is 8.27. The van der Waals surface area contributed by atoms with Gasteiger partial charge in [0.25, 0.3) is 0 Å². The summed E-state index contributed by atoms with van der Waals surface area (Å²) in [5.74, 6) is 2.16. The highest BCUT2D eigenvalue weighted by molar-refractivity contribution is 7.04. The van der Waals surface area contributed by atoms with Gasteiger partial charge in [0.1, 0.15) is 5.75 Å². The van der Waals surface area contributed by atoms with Crippen molar-refractivity contribution in [3.05, 3.63) is 35.7 Å². The number of hydrogen-bond acceptors (Lipinski definition) is 8. The number of aromatic nitrogens is 1. The number of halogens is 1. The number of carbonyl (C=O) groups excluding carboxylic acids is 1. The standard InChI is InChI=1S/C25H32N4O5S.ClH/c1-31-20-9-8-16(12-19(20)28-25(30)27-11-7-5-6-10-26)18-15-35-29-23(18)17-13-21(32-2)24(34-4)22(14-17)33-3;/h8-9,12-15H,5-7,10-11,26H2,1-4H3,(H2,27,28,30);1H. The van der Waals surface area contributed by atoms with Crippen LogP contribution in [0.1, 0.15) is 19.3 Å². The number of ether oxygens (including phenoxy) is 4. The van der Waals surface area contributed by atoms with Crippen LogP contribution in [-0.4, -0.2) is 51.9 Å². The molecule has 0 saturated carbocycles. The van der Waals surface area contributed by atoms with E-state index in [0.717, 1.165) is 41.6 Å². The Kier molecular flexibility index (Phi) is 11.6. The minimum absolute atomic E-state index is 0. The molecule has 2 aromatic carbocycles. The van der Waals surface area contributed by atoms with Crippen LogP contribution < -0.4 is 35.3 Å². The van der Waals surface area contributed by atoms with E-state index in [-0.39, 0.29) is 18.4 Å². The Labute approximate surface area is 221 Å². The van der Waals surface area contributed by atoms with Crippen molar-refractivity contribution in [2.24, 2.45) is 5.73 Å². The van der Waals surface area contributed by atoms with Gasteiger partial charge in [0, 0.05) is 23.1 Å². The molecule has 0 aliphatic rings. The van der Waals surface area contributed by atoms with Gasteiger partial charge >= 0.3 is 6.03 Å². The topological polar surface area (TPSA) is 117 Å². The van der Waals surface area contributed by atoms with E-state index >= 15 is 0 Å². The molecule has 3 rings (SSSR count). The minimum Gasteiger partial charge on any atom is -0.495 e. The van der Waals surface area contributed by atoms with E-state index in [9.17, 15) is 4.79 Å². The number of benzene rings is 2. The molecular formula is C25H33ClN4O5S. The lowest BCUT2D eigenvalue weighted by atomic mass is 10.0. The maximum Gasteiger partial charge on any atom is 0.319 e. The first-order valence-corrected chi connectivity index (χ1v) is 12.1. The Bertz CT molecular complexity index is 1120. The molecule has 1 aromatic heterocycles. The number of anilines is 1. The second-order valence-electron chi connectivity index (χ2n) is 7.64. The summed E-state index contributed by atoms with van der Waals surface area (Å²) >= 11 is 1.34. The van der Waals surface area contributed by atoms with Crippen LogP contribution in [0.2, 0.25) is 0 Å². The molecule has 0 aliphatic carbocycles. The van der Waals surface area contributed by atoms with Crippen molar-refractivity contribution in [3.63, 3.8) is 0 Å². The highest BCUT2D eigenvalue weighted by Crippen LogP contribution is 2.44. The third-order valence-corrected chi connectivity index (χ3v) is 6.06. The molecule has 0 aliphatic heterocycles. The Hall–Kier alpha value is -3.21. The summed E-state index contributed by atoms with van der Waals surface area (Å²) in [7, 11) is 6.29. The van der Waals surface area contributed by atoms with Crippen LogP contribution in [-0.2, 0) is 0 Å². The monoisotopic (exact) mass is 536 g/mol. The summed E-state index contributed by atoms with van der Waals surface area (Å²) < 4.78 is 26.5. The van der Waals surface area contributed by atoms with Crippen molar-refractivity contribution < 1.29 is 23.7 Å². The number of hydrogen-bond donors (Lipinski definition) is 3. The zero-order valence-electron chi connectivity index (χ0n) is 20.9. The number of nitrogens with one attached hydrogen (secondary N) is 2.